The van der Waals surface area contributed by atoms with Crippen molar-refractivity contribution < 1.29 is 17.9 Å². The molecule has 5 nitrogen and oxygen atoms in total. The van der Waals surface area contributed by atoms with E-state index in [-0.39, 0.29) is 29.1 Å². The lowest BCUT2D eigenvalue weighted by Gasteiger charge is -2.10. The molecule has 2 aromatic rings. The summed E-state index contributed by atoms with van der Waals surface area (Å²) >= 11 is 0. The van der Waals surface area contributed by atoms with Crippen LogP contribution in [0.15, 0.2) is 53.4 Å². The molecule has 140 valence electrons. The van der Waals surface area contributed by atoms with Crippen LogP contribution in [0.5, 0.6) is 5.75 Å². The van der Waals surface area contributed by atoms with Gasteiger partial charge in [-0.1, -0.05) is 29.8 Å². The lowest BCUT2D eigenvalue weighted by molar-refractivity contribution is -0.120. The van der Waals surface area contributed by atoms with Crippen LogP contribution in [0.3, 0.4) is 0 Å². The SMILES string of the molecule is Cc1cccc(CNC(=O)CCS(=O)(=O)c2ccc(OC(C)C)cc2)c1. The highest BCUT2D eigenvalue weighted by molar-refractivity contribution is 7.91. The van der Waals surface area contributed by atoms with Crippen LogP contribution < -0.4 is 10.1 Å². The summed E-state index contributed by atoms with van der Waals surface area (Å²) in [6, 6.07) is 14.1. The van der Waals surface area contributed by atoms with Gasteiger partial charge in [-0.3, -0.25) is 4.79 Å². The maximum absolute atomic E-state index is 12.4. The Hall–Kier alpha value is -2.34. The Balaban J connectivity index is 1.87. The van der Waals surface area contributed by atoms with Gasteiger partial charge in [0.2, 0.25) is 5.91 Å². The Morgan fingerprint density at radius 3 is 2.42 bits per heavy atom. The summed E-state index contributed by atoms with van der Waals surface area (Å²) in [6.07, 6.45) is -0.0483. The van der Waals surface area contributed by atoms with Crippen molar-refractivity contribution in [2.75, 3.05) is 5.75 Å². The number of carbonyl (C=O) groups excluding carboxylic acids is 1. The standard InChI is InChI=1S/C20H25NO4S/c1-15(2)25-18-7-9-19(10-8-18)26(23,24)12-11-20(22)21-14-17-6-4-5-16(3)13-17/h4-10,13,15H,11-12,14H2,1-3H3,(H,21,22). The van der Waals surface area contributed by atoms with Crippen molar-refractivity contribution in [2.24, 2.45) is 0 Å². The first-order valence-corrected chi connectivity index (χ1v) is 10.2. The minimum atomic E-state index is -3.51. The van der Waals surface area contributed by atoms with Crippen molar-refractivity contribution in [3.8, 4) is 5.75 Å². The molecule has 0 saturated heterocycles. The largest absolute Gasteiger partial charge is 0.491 e. The van der Waals surface area contributed by atoms with Gasteiger partial charge in [-0.2, -0.15) is 0 Å². The molecule has 0 heterocycles. The molecule has 0 aliphatic carbocycles. The van der Waals surface area contributed by atoms with E-state index in [1.165, 1.54) is 12.1 Å². The van der Waals surface area contributed by atoms with Crippen molar-refractivity contribution in [1.29, 1.82) is 0 Å². The number of rotatable bonds is 8. The van der Waals surface area contributed by atoms with Crippen LogP contribution in [0, 0.1) is 6.92 Å². The van der Waals surface area contributed by atoms with E-state index in [1.807, 2.05) is 45.0 Å². The number of carbonyl (C=O) groups is 1. The maximum Gasteiger partial charge on any atom is 0.221 e. The quantitative estimate of drug-likeness (QED) is 0.769. The van der Waals surface area contributed by atoms with Gasteiger partial charge >= 0.3 is 0 Å². The molecule has 0 aliphatic rings. The van der Waals surface area contributed by atoms with Crippen LogP contribution in [0.25, 0.3) is 0 Å². The Kier molecular flexibility index (Phi) is 6.80. The summed E-state index contributed by atoms with van der Waals surface area (Å²) < 4.78 is 30.2. The van der Waals surface area contributed by atoms with Gasteiger partial charge < -0.3 is 10.1 Å². The molecule has 0 unspecified atom stereocenters. The van der Waals surface area contributed by atoms with Crippen LogP contribution in [0.2, 0.25) is 0 Å². The Morgan fingerprint density at radius 2 is 1.81 bits per heavy atom. The molecule has 0 atom stereocenters. The highest BCUT2D eigenvalue weighted by Crippen LogP contribution is 2.18. The van der Waals surface area contributed by atoms with Crippen molar-refractivity contribution in [2.45, 2.75) is 44.7 Å². The number of aryl methyl sites for hydroxylation is 1. The molecule has 0 radical (unpaired) electrons. The number of sulfone groups is 1. The Labute approximate surface area is 155 Å². The zero-order valence-corrected chi connectivity index (χ0v) is 16.2. The second-order valence-electron chi connectivity index (χ2n) is 6.47. The van der Waals surface area contributed by atoms with Gasteiger partial charge in [-0.15, -0.1) is 0 Å². The molecule has 0 fully saturated rings. The van der Waals surface area contributed by atoms with E-state index in [2.05, 4.69) is 5.32 Å². The van der Waals surface area contributed by atoms with E-state index in [1.54, 1.807) is 12.1 Å². The van der Waals surface area contributed by atoms with E-state index in [0.29, 0.717) is 12.3 Å². The zero-order chi connectivity index (χ0) is 19.2. The minimum absolute atomic E-state index is 0.0227. The van der Waals surface area contributed by atoms with Crippen LogP contribution in [0.1, 0.15) is 31.4 Å². The third-order valence-electron chi connectivity index (χ3n) is 3.72. The fourth-order valence-electron chi connectivity index (χ4n) is 2.45. The van der Waals surface area contributed by atoms with Crippen molar-refractivity contribution in [3.63, 3.8) is 0 Å². The molecule has 0 bridgehead atoms. The highest BCUT2D eigenvalue weighted by Gasteiger charge is 2.16. The second kappa shape index (κ2) is 8.85. The van der Waals surface area contributed by atoms with E-state index >= 15 is 0 Å². The first-order valence-electron chi connectivity index (χ1n) is 8.58. The molecule has 0 aromatic heterocycles. The van der Waals surface area contributed by atoms with Gasteiger partial charge in [-0.25, -0.2) is 8.42 Å². The minimum Gasteiger partial charge on any atom is -0.491 e. The predicted molar refractivity (Wildman–Crippen MR) is 102 cm³/mol. The third kappa shape index (κ3) is 6.19. The van der Waals surface area contributed by atoms with E-state index in [0.717, 1.165) is 11.1 Å². The Morgan fingerprint density at radius 1 is 1.12 bits per heavy atom. The summed E-state index contributed by atoms with van der Waals surface area (Å²) in [5.74, 6) is 0.113. The lowest BCUT2D eigenvalue weighted by Crippen LogP contribution is -2.25. The second-order valence-corrected chi connectivity index (χ2v) is 8.58. The summed E-state index contributed by atoms with van der Waals surface area (Å²) in [6.45, 7) is 6.18. The van der Waals surface area contributed by atoms with Gasteiger partial charge in [0.05, 0.1) is 16.8 Å². The molecule has 0 aliphatic heterocycles. The van der Waals surface area contributed by atoms with E-state index < -0.39 is 9.84 Å². The zero-order valence-electron chi connectivity index (χ0n) is 15.4. The molecule has 0 saturated carbocycles. The number of benzene rings is 2. The first-order chi connectivity index (χ1) is 12.3. The number of hydrogen-bond donors (Lipinski definition) is 1. The Bertz CT molecular complexity index is 842. The van der Waals surface area contributed by atoms with Crippen molar-refractivity contribution in [1.82, 2.24) is 5.32 Å². The summed E-state index contributed by atoms with van der Waals surface area (Å²) in [5.41, 5.74) is 2.10. The number of ether oxygens (including phenoxy) is 1. The van der Waals surface area contributed by atoms with Gasteiger partial charge in [0.1, 0.15) is 5.75 Å². The molecule has 1 N–H and O–H groups in total. The number of nitrogens with one attached hydrogen (secondary N) is 1. The highest BCUT2D eigenvalue weighted by atomic mass is 32.2. The van der Waals surface area contributed by atoms with Crippen LogP contribution in [0.4, 0.5) is 0 Å². The van der Waals surface area contributed by atoms with Gasteiger partial charge in [0.25, 0.3) is 0 Å². The third-order valence-corrected chi connectivity index (χ3v) is 5.46. The van der Waals surface area contributed by atoms with Crippen LogP contribution >= 0.6 is 0 Å². The lowest BCUT2D eigenvalue weighted by atomic mass is 10.1. The molecule has 1 amide bonds. The van der Waals surface area contributed by atoms with Gasteiger partial charge in [0.15, 0.2) is 9.84 Å². The molecule has 26 heavy (non-hydrogen) atoms. The van der Waals surface area contributed by atoms with Crippen LogP contribution in [-0.2, 0) is 21.2 Å². The molecule has 6 heteroatoms. The summed E-state index contributed by atoms with van der Waals surface area (Å²) in [5, 5.41) is 2.76. The average molecular weight is 375 g/mol. The molecule has 2 aromatic carbocycles. The first kappa shape index (κ1) is 20.0. The number of amides is 1. The average Bonchev–Trinajstić information content (AvgIpc) is 2.58. The molecule has 0 spiro atoms. The molecular formula is C20H25NO4S. The summed E-state index contributed by atoms with van der Waals surface area (Å²) in [7, 11) is -3.51. The van der Waals surface area contributed by atoms with Crippen LogP contribution in [-0.4, -0.2) is 26.2 Å². The molecular weight excluding hydrogens is 350 g/mol. The monoisotopic (exact) mass is 375 g/mol. The number of hydrogen-bond acceptors (Lipinski definition) is 4. The predicted octanol–water partition coefficient (Wildman–Crippen LogP) is 3.26. The fraction of sp³-hybridized carbons (Fsp3) is 0.350. The van der Waals surface area contributed by atoms with Gasteiger partial charge in [0, 0.05) is 13.0 Å². The smallest absolute Gasteiger partial charge is 0.221 e. The summed E-state index contributed by atoms with van der Waals surface area (Å²) in [4.78, 5) is 12.2. The maximum atomic E-state index is 12.4. The van der Waals surface area contributed by atoms with E-state index in [9.17, 15) is 13.2 Å². The topological polar surface area (TPSA) is 72.5 Å². The van der Waals surface area contributed by atoms with Gasteiger partial charge in [-0.05, 0) is 50.6 Å². The fourth-order valence-corrected chi connectivity index (χ4v) is 3.69. The van der Waals surface area contributed by atoms with Crippen molar-refractivity contribution in [3.05, 3.63) is 59.7 Å². The van der Waals surface area contributed by atoms with E-state index in [4.69, 9.17) is 4.74 Å². The molecule has 2 rings (SSSR count). The van der Waals surface area contributed by atoms with Crippen molar-refractivity contribution >= 4 is 15.7 Å². The normalized spacial score (nSPS) is 11.4.